The SMILES string of the molecule is CC[C@H](C)C1C(=O)OC1C(=O)NC(C(=O)NC(Cc1ccccc1)C(=O)OCc1ccccc1)C(C)C. The lowest BCUT2D eigenvalue weighted by Crippen LogP contribution is -2.61. The zero-order valence-electron chi connectivity index (χ0n) is 21.8. The van der Waals surface area contributed by atoms with Crippen LogP contribution in [0.15, 0.2) is 60.7 Å². The van der Waals surface area contributed by atoms with Crippen molar-refractivity contribution < 1.29 is 28.7 Å². The molecule has 2 aromatic carbocycles. The molecular weight excluding hydrogens is 472 g/mol. The van der Waals surface area contributed by atoms with E-state index in [0.717, 1.165) is 17.5 Å². The van der Waals surface area contributed by atoms with Gasteiger partial charge in [0.2, 0.25) is 5.91 Å². The summed E-state index contributed by atoms with van der Waals surface area (Å²) in [7, 11) is 0. The van der Waals surface area contributed by atoms with Crippen LogP contribution in [0.4, 0.5) is 0 Å². The molecule has 1 aliphatic rings. The fourth-order valence-corrected chi connectivity index (χ4v) is 4.23. The number of benzene rings is 2. The second kappa shape index (κ2) is 13.0. The molecule has 8 heteroatoms. The third-order valence-corrected chi connectivity index (χ3v) is 6.71. The van der Waals surface area contributed by atoms with E-state index < -0.39 is 47.9 Å². The first-order valence-electron chi connectivity index (χ1n) is 12.8. The lowest BCUT2D eigenvalue weighted by atomic mass is 9.82. The van der Waals surface area contributed by atoms with Crippen molar-refractivity contribution in [1.29, 1.82) is 0 Å². The van der Waals surface area contributed by atoms with E-state index in [4.69, 9.17) is 9.47 Å². The summed E-state index contributed by atoms with van der Waals surface area (Å²) in [5, 5.41) is 5.51. The van der Waals surface area contributed by atoms with E-state index in [9.17, 15) is 19.2 Å². The highest BCUT2D eigenvalue weighted by molar-refractivity contribution is 5.97. The van der Waals surface area contributed by atoms with E-state index in [-0.39, 0.29) is 24.9 Å². The fourth-order valence-electron chi connectivity index (χ4n) is 4.23. The molecule has 0 spiro atoms. The topological polar surface area (TPSA) is 111 Å². The standard InChI is InChI=1S/C29H36N2O6/c1-5-19(4)23-25(37-29(23)35)27(33)31-24(18(2)3)26(32)30-22(16-20-12-8-6-9-13-20)28(34)36-17-21-14-10-7-11-15-21/h6-15,18-19,22-25H,5,16-17H2,1-4H3,(H,30,32)(H,31,33)/t19-,22?,23?,24?,25?/m0/s1. The molecule has 37 heavy (non-hydrogen) atoms. The second-order valence-electron chi connectivity index (χ2n) is 9.84. The molecule has 198 valence electrons. The number of esters is 2. The summed E-state index contributed by atoms with van der Waals surface area (Å²) in [4.78, 5) is 51.2. The van der Waals surface area contributed by atoms with Crippen molar-refractivity contribution in [1.82, 2.24) is 10.6 Å². The average molecular weight is 509 g/mol. The van der Waals surface area contributed by atoms with Crippen LogP contribution in [-0.4, -0.2) is 41.9 Å². The number of carbonyl (C=O) groups is 4. The van der Waals surface area contributed by atoms with E-state index in [1.165, 1.54) is 0 Å². The molecule has 3 rings (SSSR count). The quantitative estimate of drug-likeness (QED) is 0.426. The largest absolute Gasteiger partial charge is 0.459 e. The molecular formula is C29H36N2O6. The second-order valence-corrected chi connectivity index (χ2v) is 9.84. The number of hydrogen-bond donors (Lipinski definition) is 2. The van der Waals surface area contributed by atoms with Crippen molar-refractivity contribution in [3.05, 3.63) is 71.8 Å². The van der Waals surface area contributed by atoms with Crippen LogP contribution in [0.2, 0.25) is 0 Å². The molecule has 8 nitrogen and oxygen atoms in total. The zero-order valence-corrected chi connectivity index (χ0v) is 21.8. The van der Waals surface area contributed by atoms with Gasteiger partial charge in [-0.1, -0.05) is 94.8 Å². The predicted molar refractivity (Wildman–Crippen MR) is 138 cm³/mol. The molecule has 4 unspecified atom stereocenters. The van der Waals surface area contributed by atoms with Crippen molar-refractivity contribution in [3.63, 3.8) is 0 Å². The monoisotopic (exact) mass is 508 g/mol. The highest BCUT2D eigenvalue weighted by Crippen LogP contribution is 2.31. The molecule has 0 saturated carbocycles. The zero-order chi connectivity index (χ0) is 26.9. The van der Waals surface area contributed by atoms with Crippen molar-refractivity contribution in [2.45, 2.75) is 65.3 Å². The van der Waals surface area contributed by atoms with E-state index in [1.54, 1.807) is 13.8 Å². The van der Waals surface area contributed by atoms with Gasteiger partial charge in [0.25, 0.3) is 5.91 Å². The van der Waals surface area contributed by atoms with Crippen LogP contribution in [0.1, 0.15) is 45.2 Å². The summed E-state index contributed by atoms with van der Waals surface area (Å²) in [6, 6.07) is 16.7. The summed E-state index contributed by atoms with van der Waals surface area (Å²) < 4.78 is 10.6. The normalized spacial score (nSPS) is 19.1. The summed E-state index contributed by atoms with van der Waals surface area (Å²) in [5.74, 6) is -2.81. The van der Waals surface area contributed by atoms with Gasteiger partial charge in [0.05, 0.1) is 0 Å². The molecule has 2 N–H and O–H groups in total. The predicted octanol–water partition coefficient (Wildman–Crippen LogP) is 3.19. The van der Waals surface area contributed by atoms with E-state index in [0.29, 0.717) is 0 Å². The molecule has 0 aliphatic carbocycles. The molecule has 1 heterocycles. The van der Waals surface area contributed by atoms with Crippen LogP contribution in [-0.2, 0) is 41.7 Å². The Morgan fingerprint density at radius 1 is 0.919 bits per heavy atom. The van der Waals surface area contributed by atoms with E-state index in [2.05, 4.69) is 10.6 Å². The Bertz CT molecular complexity index is 1070. The molecule has 1 saturated heterocycles. The third kappa shape index (κ3) is 7.41. The Kier molecular flexibility index (Phi) is 9.83. The maximum atomic E-state index is 13.3. The number of hydrogen-bond acceptors (Lipinski definition) is 6. The summed E-state index contributed by atoms with van der Waals surface area (Å²) >= 11 is 0. The number of amides is 2. The molecule has 1 aliphatic heterocycles. The van der Waals surface area contributed by atoms with Crippen LogP contribution in [0.3, 0.4) is 0 Å². The molecule has 1 fully saturated rings. The van der Waals surface area contributed by atoms with Gasteiger partial charge < -0.3 is 20.1 Å². The van der Waals surface area contributed by atoms with E-state index in [1.807, 2.05) is 74.5 Å². The maximum absolute atomic E-state index is 13.3. The first kappa shape index (κ1) is 27.9. The number of carbonyl (C=O) groups excluding carboxylic acids is 4. The number of rotatable bonds is 12. The molecule has 5 atom stereocenters. The highest BCUT2D eigenvalue weighted by Gasteiger charge is 2.50. The molecule has 0 radical (unpaired) electrons. The van der Waals surface area contributed by atoms with E-state index >= 15 is 0 Å². The summed E-state index contributed by atoms with van der Waals surface area (Å²) in [6.45, 7) is 7.51. The van der Waals surface area contributed by atoms with Gasteiger partial charge in [0, 0.05) is 6.42 Å². The van der Waals surface area contributed by atoms with Crippen molar-refractivity contribution >= 4 is 23.8 Å². The lowest BCUT2D eigenvalue weighted by molar-refractivity contribution is -0.193. The van der Waals surface area contributed by atoms with Gasteiger partial charge in [-0.2, -0.15) is 0 Å². The Labute approximate surface area is 218 Å². The molecule has 0 aromatic heterocycles. The Balaban J connectivity index is 1.70. The van der Waals surface area contributed by atoms with Gasteiger partial charge in [-0.3, -0.25) is 14.4 Å². The van der Waals surface area contributed by atoms with Gasteiger partial charge in [0.15, 0.2) is 6.10 Å². The minimum Gasteiger partial charge on any atom is -0.459 e. The van der Waals surface area contributed by atoms with Crippen molar-refractivity contribution in [2.75, 3.05) is 0 Å². The van der Waals surface area contributed by atoms with Crippen molar-refractivity contribution in [2.24, 2.45) is 17.8 Å². The van der Waals surface area contributed by atoms with Crippen LogP contribution in [0, 0.1) is 17.8 Å². The first-order chi connectivity index (χ1) is 17.7. The first-order valence-corrected chi connectivity index (χ1v) is 12.8. The smallest absolute Gasteiger partial charge is 0.329 e. The fraction of sp³-hybridized carbons (Fsp3) is 0.448. The van der Waals surface area contributed by atoms with Gasteiger partial charge >= 0.3 is 11.9 Å². The van der Waals surface area contributed by atoms with Gasteiger partial charge in [-0.05, 0) is 23.0 Å². The van der Waals surface area contributed by atoms with Crippen molar-refractivity contribution in [3.8, 4) is 0 Å². The maximum Gasteiger partial charge on any atom is 0.329 e. The molecule has 2 aromatic rings. The Hall–Kier alpha value is -3.68. The average Bonchev–Trinajstić information content (AvgIpc) is 2.89. The lowest BCUT2D eigenvalue weighted by Gasteiger charge is -2.38. The Morgan fingerprint density at radius 3 is 2.05 bits per heavy atom. The number of nitrogens with one attached hydrogen (secondary N) is 2. The number of cyclic esters (lactones) is 1. The molecule has 2 amide bonds. The minimum atomic E-state index is -0.953. The Morgan fingerprint density at radius 2 is 1.51 bits per heavy atom. The molecule has 0 bridgehead atoms. The third-order valence-electron chi connectivity index (χ3n) is 6.71. The minimum absolute atomic E-state index is 0.0158. The van der Waals surface area contributed by atoms with Crippen LogP contribution in [0.5, 0.6) is 0 Å². The summed E-state index contributed by atoms with van der Waals surface area (Å²) in [5.41, 5.74) is 1.69. The summed E-state index contributed by atoms with van der Waals surface area (Å²) in [6.07, 6.45) is 0.0339. The van der Waals surface area contributed by atoms with Crippen LogP contribution < -0.4 is 10.6 Å². The number of ether oxygens (including phenoxy) is 2. The van der Waals surface area contributed by atoms with Gasteiger partial charge in [-0.25, -0.2) is 4.79 Å². The van der Waals surface area contributed by atoms with Gasteiger partial charge in [0.1, 0.15) is 24.6 Å². The van der Waals surface area contributed by atoms with Crippen LogP contribution in [0.25, 0.3) is 0 Å². The highest BCUT2D eigenvalue weighted by atomic mass is 16.6. The van der Waals surface area contributed by atoms with Gasteiger partial charge in [-0.15, -0.1) is 0 Å². The van der Waals surface area contributed by atoms with Crippen LogP contribution >= 0.6 is 0 Å².